The molecule has 4 aromatic heterocycles. The molecule has 1 N–H and O–H groups in total. The lowest BCUT2D eigenvalue weighted by Gasteiger charge is -2.23. The zero-order chi connectivity index (χ0) is 18.5. The molecule has 138 valence electrons. The molecule has 1 aliphatic heterocycles. The third-order valence-corrected chi connectivity index (χ3v) is 6.04. The lowest BCUT2D eigenvalue weighted by Crippen LogP contribution is -2.35. The number of imidazole rings is 1. The van der Waals surface area contributed by atoms with E-state index in [4.69, 9.17) is 0 Å². The third kappa shape index (κ3) is 2.74. The van der Waals surface area contributed by atoms with Crippen LogP contribution in [0.5, 0.6) is 0 Å². The number of aromatic nitrogens is 6. The fraction of sp³-hybridized carbons (Fsp3) is 0.389. The summed E-state index contributed by atoms with van der Waals surface area (Å²) in [7, 11) is 0. The Kier molecular flexibility index (Phi) is 3.80. The van der Waals surface area contributed by atoms with Crippen molar-refractivity contribution in [1.29, 1.82) is 0 Å². The number of nitrogens with zero attached hydrogens (tertiary/aromatic N) is 6. The van der Waals surface area contributed by atoms with Crippen molar-refractivity contribution < 1.29 is 0 Å². The number of rotatable bonds is 2. The minimum absolute atomic E-state index is 0.0561. The Bertz CT molecular complexity index is 1220. The van der Waals surface area contributed by atoms with Gasteiger partial charge in [0, 0.05) is 12.4 Å². The van der Waals surface area contributed by atoms with Gasteiger partial charge < -0.3 is 9.72 Å². The maximum absolute atomic E-state index is 13.0. The summed E-state index contributed by atoms with van der Waals surface area (Å²) < 4.78 is 4.23. The summed E-state index contributed by atoms with van der Waals surface area (Å²) >= 11 is 1.38. The molecule has 0 atom stereocenters. The standard InChI is InChI=1S/C18H19N7OS/c1-10-8-24-9-14(22-11(2)16(24)21-10)17-23-13-7-20-25(18(26)15(13)27-17)12-3-5-19-6-4-12/h7-9,12,19H,3-6H2,1-2H3. The smallest absolute Gasteiger partial charge is 0.286 e. The van der Waals surface area contributed by atoms with Crippen LogP contribution < -0.4 is 10.9 Å². The normalized spacial score (nSPS) is 15.8. The molecule has 0 unspecified atom stereocenters. The van der Waals surface area contributed by atoms with E-state index in [2.05, 4.69) is 25.4 Å². The van der Waals surface area contributed by atoms with E-state index in [0.29, 0.717) is 10.2 Å². The first-order valence-electron chi connectivity index (χ1n) is 9.02. The second-order valence-corrected chi connectivity index (χ2v) is 7.93. The molecule has 9 heteroatoms. The number of nitrogens with one attached hydrogen (secondary N) is 1. The van der Waals surface area contributed by atoms with Crippen LogP contribution in [0.3, 0.4) is 0 Å². The van der Waals surface area contributed by atoms with Crippen LogP contribution in [0, 0.1) is 13.8 Å². The van der Waals surface area contributed by atoms with Gasteiger partial charge in [-0.2, -0.15) is 5.10 Å². The second-order valence-electron chi connectivity index (χ2n) is 6.93. The fourth-order valence-corrected chi connectivity index (χ4v) is 4.57. The Balaban J connectivity index is 1.62. The van der Waals surface area contributed by atoms with Gasteiger partial charge in [-0.05, 0) is 39.8 Å². The molecule has 8 nitrogen and oxygen atoms in total. The molecular formula is C18H19N7OS. The van der Waals surface area contributed by atoms with Gasteiger partial charge in [0.1, 0.15) is 20.9 Å². The molecule has 1 aliphatic rings. The van der Waals surface area contributed by atoms with Gasteiger partial charge in [0.15, 0.2) is 5.65 Å². The first-order valence-corrected chi connectivity index (χ1v) is 9.84. The number of aryl methyl sites for hydroxylation is 2. The van der Waals surface area contributed by atoms with Crippen molar-refractivity contribution in [3.63, 3.8) is 0 Å². The first-order chi connectivity index (χ1) is 13.1. The summed E-state index contributed by atoms with van der Waals surface area (Å²) in [6.07, 6.45) is 7.42. The highest BCUT2D eigenvalue weighted by Gasteiger charge is 2.20. The van der Waals surface area contributed by atoms with E-state index in [1.807, 2.05) is 30.6 Å². The Labute approximate surface area is 158 Å². The SMILES string of the molecule is Cc1cn2cc(-c3nc4cnn(C5CCNCC5)c(=O)c4s3)nc(C)c2n1. The molecule has 0 bridgehead atoms. The third-order valence-electron chi connectivity index (χ3n) is 4.96. The monoisotopic (exact) mass is 381 g/mol. The van der Waals surface area contributed by atoms with Crippen LogP contribution in [0.4, 0.5) is 0 Å². The second kappa shape index (κ2) is 6.21. The van der Waals surface area contributed by atoms with Crippen molar-refractivity contribution >= 4 is 27.2 Å². The van der Waals surface area contributed by atoms with Crippen LogP contribution in [-0.2, 0) is 0 Å². The van der Waals surface area contributed by atoms with Gasteiger partial charge in [0.25, 0.3) is 5.56 Å². The van der Waals surface area contributed by atoms with Gasteiger partial charge in [-0.15, -0.1) is 11.3 Å². The number of thiazole rings is 1. The van der Waals surface area contributed by atoms with Gasteiger partial charge in [0.2, 0.25) is 0 Å². The molecule has 27 heavy (non-hydrogen) atoms. The van der Waals surface area contributed by atoms with E-state index in [1.54, 1.807) is 10.9 Å². The van der Waals surface area contributed by atoms with Gasteiger partial charge in [-0.1, -0.05) is 0 Å². The quantitative estimate of drug-likeness (QED) is 0.572. The lowest BCUT2D eigenvalue weighted by molar-refractivity contribution is 0.333. The predicted molar refractivity (Wildman–Crippen MR) is 104 cm³/mol. The Morgan fingerprint density at radius 2 is 1.96 bits per heavy atom. The first kappa shape index (κ1) is 16.5. The highest BCUT2D eigenvalue weighted by Crippen LogP contribution is 2.28. The average molecular weight is 381 g/mol. The molecule has 0 radical (unpaired) electrons. The highest BCUT2D eigenvalue weighted by molar-refractivity contribution is 7.21. The van der Waals surface area contributed by atoms with Gasteiger partial charge >= 0.3 is 0 Å². The van der Waals surface area contributed by atoms with Crippen molar-refractivity contribution in [2.75, 3.05) is 13.1 Å². The molecule has 0 spiro atoms. The molecule has 0 aliphatic carbocycles. The van der Waals surface area contributed by atoms with Crippen LogP contribution >= 0.6 is 11.3 Å². The van der Waals surface area contributed by atoms with E-state index in [1.165, 1.54) is 11.3 Å². The largest absolute Gasteiger partial charge is 0.317 e. The summed E-state index contributed by atoms with van der Waals surface area (Å²) in [6, 6.07) is 0.152. The minimum atomic E-state index is -0.0561. The molecular weight excluding hydrogens is 362 g/mol. The van der Waals surface area contributed by atoms with Crippen molar-refractivity contribution in [1.82, 2.24) is 34.4 Å². The Morgan fingerprint density at radius 1 is 1.15 bits per heavy atom. The Morgan fingerprint density at radius 3 is 2.78 bits per heavy atom. The van der Waals surface area contributed by atoms with Crippen LogP contribution in [0.15, 0.2) is 23.4 Å². The van der Waals surface area contributed by atoms with Crippen molar-refractivity contribution in [2.45, 2.75) is 32.7 Å². The van der Waals surface area contributed by atoms with Crippen LogP contribution in [-0.4, -0.2) is 42.2 Å². The Hall–Kier alpha value is -2.65. The van der Waals surface area contributed by atoms with E-state index in [9.17, 15) is 4.79 Å². The maximum Gasteiger partial charge on any atom is 0.286 e. The summed E-state index contributed by atoms with van der Waals surface area (Å²) in [5, 5.41) is 8.44. The van der Waals surface area contributed by atoms with E-state index in [0.717, 1.165) is 53.7 Å². The van der Waals surface area contributed by atoms with Crippen LogP contribution in [0.2, 0.25) is 0 Å². The molecule has 5 rings (SSSR count). The van der Waals surface area contributed by atoms with E-state index in [-0.39, 0.29) is 11.6 Å². The minimum Gasteiger partial charge on any atom is -0.317 e. The fourth-order valence-electron chi connectivity index (χ4n) is 3.64. The average Bonchev–Trinajstić information content (AvgIpc) is 3.26. The van der Waals surface area contributed by atoms with Gasteiger partial charge in [-0.25, -0.2) is 19.6 Å². The van der Waals surface area contributed by atoms with Crippen LogP contribution in [0.1, 0.15) is 30.3 Å². The molecule has 1 saturated heterocycles. The van der Waals surface area contributed by atoms with Gasteiger partial charge in [0.05, 0.1) is 23.6 Å². The molecule has 0 amide bonds. The summed E-state index contributed by atoms with van der Waals surface area (Å²) in [5.41, 5.74) is 3.94. The predicted octanol–water partition coefficient (Wildman–Crippen LogP) is 2.10. The molecule has 5 heterocycles. The van der Waals surface area contributed by atoms with Crippen LogP contribution in [0.25, 0.3) is 26.6 Å². The highest BCUT2D eigenvalue weighted by atomic mass is 32.1. The summed E-state index contributed by atoms with van der Waals surface area (Å²) in [6.45, 7) is 5.72. The zero-order valence-electron chi connectivity index (χ0n) is 15.1. The van der Waals surface area contributed by atoms with Crippen molar-refractivity contribution in [3.05, 3.63) is 40.3 Å². The summed E-state index contributed by atoms with van der Waals surface area (Å²) in [5.74, 6) is 0. The van der Waals surface area contributed by atoms with E-state index >= 15 is 0 Å². The van der Waals surface area contributed by atoms with Crippen molar-refractivity contribution in [2.24, 2.45) is 0 Å². The maximum atomic E-state index is 13.0. The topological polar surface area (TPSA) is 90.0 Å². The molecule has 0 aromatic carbocycles. The molecule has 4 aromatic rings. The summed E-state index contributed by atoms with van der Waals surface area (Å²) in [4.78, 5) is 26.7. The van der Waals surface area contributed by atoms with Crippen molar-refractivity contribution in [3.8, 4) is 10.7 Å². The molecule has 1 fully saturated rings. The number of hydrogen-bond donors (Lipinski definition) is 1. The zero-order valence-corrected chi connectivity index (χ0v) is 16.0. The molecule has 0 saturated carbocycles. The number of piperidine rings is 1. The number of fused-ring (bicyclic) bond motifs is 2. The number of hydrogen-bond acceptors (Lipinski definition) is 7. The van der Waals surface area contributed by atoms with E-state index < -0.39 is 0 Å². The lowest BCUT2D eigenvalue weighted by atomic mass is 10.1. The van der Waals surface area contributed by atoms with Gasteiger partial charge in [-0.3, -0.25) is 4.79 Å².